The predicted octanol–water partition coefficient (Wildman–Crippen LogP) is 1.42. The molecule has 2 fully saturated rings. The summed E-state index contributed by atoms with van der Waals surface area (Å²) in [5.41, 5.74) is 0. The molecule has 0 amide bonds. The van der Waals surface area contributed by atoms with E-state index in [-0.39, 0.29) is 5.25 Å². The van der Waals surface area contributed by atoms with Gasteiger partial charge in [0.05, 0.1) is 11.0 Å². The van der Waals surface area contributed by atoms with E-state index in [4.69, 9.17) is 0 Å². The fourth-order valence-electron chi connectivity index (χ4n) is 2.52. The number of sulfone groups is 1. The number of rotatable bonds is 1. The van der Waals surface area contributed by atoms with Crippen molar-refractivity contribution >= 4 is 21.6 Å². The second kappa shape index (κ2) is 3.16. The monoisotopic (exact) mass is 220 g/mol. The van der Waals surface area contributed by atoms with Crippen molar-refractivity contribution in [3.05, 3.63) is 0 Å². The molecule has 76 valence electrons. The summed E-state index contributed by atoms with van der Waals surface area (Å²) in [5.74, 6) is 3.74. The van der Waals surface area contributed by atoms with Gasteiger partial charge in [0, 0.05) is 5.75 Å². The number of thioether (sulfide) groups is 1. The van der Waals surface area contributed by atoms with E-state index in [1.807, 2.05) is 11.8 Å². The summed E-state index contributed by atoms with van der Waals surface area (Å²) in [6.45, 7) is 4.29. The SMILES string of the molecule is CC(C)C1CS(=O)(=O)C2CSCC12. The molecule has 0 spiro atoms. The maximum absolute atomic E-state index is 11.7. The van der Waals surface area contributed by atoms with Crippen LogP contribution >= 0.6 is 11.8 Å². The largest absolute Gasteiger partial charge is 0.228 e. The molecule has 0 bridgehead atoms. The quantitative estimate of drug-likeness (QED) is 0.670. The molecule has 0 aromatic carbocycles. The van der Waals surface area contributed by atoms with Crippen LogP contribution in [-0.2, 0) is 9.84 Å². The molecule has 0 aromatic heterocycles. The topological polar surface area (TPSA) is 34.1 Å². The Balaban J connectivity index is 2.28. The van der Waals surface area contributed by atoms with Gasteiger partial charge in [0.15, 0.2) is 9.84 Å². The molecule has 3 unspecified atom stereocenters. The lowest BCUT2D eigenvalue weighted by Gasteiger charge is -2.19. The third kappa shape index (κ3) is 1.52. The lowest BCUT2D eigenvalue weighted by Crippen LogP contribution is -2.23. The van der Waals surface area contributed by atoms with Gasteiger partial charge in [-0.25, -0.2) is 8.42 Å². The zero-order valence-corrected chi connectivity index (χ0v) is 9.70. The Kier molecular flexibility index (Phi) is 2.39. The minimum atomic E-state index is -2.74. The minimum absolute atomic E-state index is 0.00935. The van der Waals surface area contributed by atoms with Crippen molar-refractivity contribution in [1.29, 1.82) is 0 Å². The van der Waals surface area contributed by atoms with Crippen molar-refractivity contribution in [2.24, 2.45) is 17.8 Å². The second-order valence-corrected chi connectivity index (χ2v) is 7.82. The van der Waals surface area contributed by atoms with Gasteiger partial charge in [0.1, 0.15) is 0 Å². The summed E-state index contributed by atoms with van der Waals surface area (Å²) in [6, 6.07) is 0. The van der Waals surface area contributed by atoms with Gasteiger partial charge >= 0.3 is 0 Å². The van der Waals surface area contributed by atoms with E-state index in [1.54, 1.807) is 0 Å². The lowest BCUT2D eigenvalue weighted by atomic mass is 9.85. The van der Waals surface area contributed by atoms with Crippen LogP contribution in [0.2, 0.25) is 0 Å². The standard InChI is InChI=1S/C9H16O2S2/c1-6(2)8-5-13(10,11)9-4-12-3-7(8)9/h6-9H,3-5H2,1-2H3. The van der Waals surface area contributed by atoms with Crippen LogP contribution in [0.4, 0.5) is 0 Å². The first kappa shape index (κ1) is 9.84. The van der Waals surface area contributed by atoms with E-state index in [0.29, 0.717) is 23.5 Å². The second-order valence-electron chi connectivity index (χ2n) is 4.48. The molecule has 2 nitrogen and oxygen atoms in total. The molecule has 13 heavy (non-hydrogen) atoms. The zero-order chi connectivity index (χ0) is 9.64. The highest BCUT2D eigenvalue weighted by molar-refractivity contribution is 8.01. The van der Waals surface area contributed by atoms with E-state index in [1.165, 1.54) is 0 Å². The Labute approximate surface area is 84.4 Å². The van der Waals surface area contributed by atoms with Gasteiger partial charge in [-0.1, -0.05) is 13.8 Å². The van der Waals surface area contributed by atoms with Crippen molar-refractivity contribution in [3.8, 4) is 0 Å². The number of hydrogen-bond acceptors (Lipinski definition) is 3. The van der Waals surface area contributed by atoms with Crippen LogP contribution in [0.25, 0.3) is 0 Å². The van der Waals surface area contributed by atoms with Crippen LogP contribution in [0, 0.1) is 17.8 Å². The Hall–Kier alpha value is 0.300. The number of hydrogen-bond donors (Lipinski definition) is 0. The fraction of sp³-hybridized carbons (Fsp3) is 1.00. The molecule has 2 heterocycles. The first-order chi connectivity index (χ1) is 6.02. The van der Waals surface area contributed by atoms with E-state index in [9.17, 15) is 8.42 Å². The van der Waals surface area contributed by atoms with Gasteiger partial charge in [0.25, 0.3) is 0 Å². The molecule has 0 radical (unpaired) electrons. The van der Waals surface area contributed by atoms with E-state index in [0.717, 1.165) is 11.5 Å². The van der Waals surface area contributed by atoms with Crippen molar-refractivity contribution in [2.45, 2.75) is 19.1 Å². The molecule has 2 aliphatic heterocycles. The Morgan fingerprint density at radius 1 is 1.31 bits per heavy atom. The molecule has 3 atom stereocenters. The Morgan fingerprint density at radius 2 is 2.00 bits per heavy atom. The average molecular weight is 220 g/mol. The van der Waals surface area contributed by atoms with Gasteiger partial charge in [-0.3, -0.25) is 0 Å². The van der Waals surface area contributed by atoms with Crippen molar-refractivity contribution in [3.63, 3.8) is 0 Å². The molecular formula is C9H16O2S2. The van der Waals surface area contributed by atoms with Crippen LogP contribution in [0.3, 0.4) is 0 Å². The smallest absolute Gasteiger partial charge is 0.154 e. The molecule has 0 aliphatic carbocycles. The summed E-state index contributed by atoms with van der Waals surface area (Å²) >= 11 is 1.81. The van der Waals surface area contributed by atoms with E-state index >= 15 is 0 Å². The normalized spacial score (nSPS) is 42.5. The lowest BCUT2D eigenvalue weighted by molar-refractivity contribution is 0.330. The highest BCUT2D eigenvalue weighted by Gasteiger charge is 2.50. The molecule has 0 N–H and O–H groups in total. The summed E-state index contributed by atoms with van der Waals surface area (Å²) in [7, 11) is -2.74. The average Bonchev–Trinajstić information content (AvgIpc) is 2.53. The highest BCUT2D eigenvalue weighted by Crippen LogP contribution is 2.44. The molecule has 2 aliphatic rings. The van der Waals surface area contributed by atoms with Gasteiger partial charge in [-0.15, -0.1) is 0 Å². The van der Waals surface area contributed by atoms with Gasteiger partial charge in [0.2, 0.25) is 0 Å². The van der Waals surface area contributed by atoms with Gasteiger partial charge in [-0.2, -0.15) is 11.8 Å². The van der Waals surface area contributed by atoms with E-state index in [2.05, 4.69) is 13.8 Å². The number of fused-ring (bicyclic) bond motifs is 1. The van der Waals surface area contributed by atoms with Crippen LogP contribution in [0.1, 0.15) is 13.8 Å². The molecule has 0 aromatic rings. The van der Waals surface area contributed by atoms with Gasteiger partial charge < -0.3 is 0 Å². The summed E-state index contributed by atoms with van der Waals surface area (Å²) in [4.78, 5) is 0. The third-order valence-corrected chi connectivity index (χ3v) is 7.08. The Morgan fingerprint density at radius 3 is 2.62 bits per heavy atom. The maximum Gasteiger partial charge on any atom is 0.154 e. The fourth-order valence-corrected chi connectivity index (χ4v) is 7.38. The molecule has 0 saturated carbocycles. The molecule has 2 rings (SSSR count). The first-order valence-electron chi connectivity index (χ1n) is 4.81. The molecule has 2 saturated heterocycles. The molecule has 4 heteroatoms. The van der Waals surface area contributed by atoms with Crippen LogP contribution in [0.15, 0.2) is 0 Å². The summed E-state index contributed by atoms with van der Waals surface area (Å²) < 4.78 is 23.5. The van der Waals surface area contributed by atoms with Crippen molar-refractivity contribution < 1.29 is 8.42 Å². The summed E-state index contributed by atoms with van der Waals surface area (Å²) in [5, 5.41) is -0.00935. The van der Waals surface area contributed by atoms with Crippen LogP contribution in [-0.4, -0.2) is 30.9 Å². The van der Waals surface area contributed by atoms with Gasteiger partial charge in [-0.05, 0) is 23.5 Å². The first-order valence-corrected chi connectivity index (χ1v) is 7.68. The van der Waals surface area contributed by atoms with Crippen molar-refractivity contribution in [2.75, 3.05) is 17.3 Å². The minimum Gasteiger partial charge on any atom is -0.228 e. The third-order valence-electron chi connectivity index (χ3n) is 3.36. The maximum atomic E-state index is 11.7. The van der Waals surface area contributed by atoms with Crippen LogP contribution < -0.4 is 0 Å². The molecular weight excluding hydrogens is 204 g/mol. The van der Waals surface area contributed by atoms with Crippen LogP contribution in [0.5, 0.6) is 0 Å². The zero-order valence-electron chi connectivity index (χ0n) is 8.06. The van der Waals surface area contributed by atoms with E-state index < -0.39 is 9.84 Å². The highest BCUT2D eigenvalue weighted by atomic mass is 32.2. The summed E-state index contributed by atoms with van der Waals surface area (Å²) in [6.07, 6.45) is 0. The Bertz CT molecular complexity index is 295. The van der Waals surface area contributed by atoms with Crippen molar-refractivity contribution in [1.82, 2.24) is 0 Å². The predicted molar refractivity (Wildman–Crippen MR) is 56.7 cm³/mol.